The number of hydrogen-bond donors (Lipinski definition) is 2. The maximum Gasteiger partial charge on any atom is 0.279 e. The maximum atomic E-state index is 11.8. The average molecular weight is 273 g/mol. The number of rotatable bonds is 8. The summed E-state index contributed by atoms with van der Waals surface area (Å²) in [5.41, 5.74) is 0.588. The van der Waals surface area contributed by atoms with Gasteiger partial charge in [-0.2, -0.15) is 27.6 Å². The largest absolute Gasteiger partial charge is 0.320 e. The first kappa shape index (κ1) is 15.0. The van der Waals surface area contributed by atoms with Crippen molar-refractivity contribution in [2.45, 2.75) is 13.0 Å². The van der Waals surface area contributed by atoms with Crippen LogP contribution in [0.1, 0.15) is 12.1 Å². The van der Waals surface area contributed by atoms with E-state index in [9.17, 15) is 8.42 Å². The zero-order chi connectivity index (χ0) is 13.4. The highest BCUT2D eigenvalue weighted by Gasteiger charge is 2.16. The Balaban J connectivity index is 2.44. The molecular formula is C10H19N5O2S. The van der Waals surface area contributed by atoms with Crippen LogP contribution in [0.4, 0.5) is 0 Å². The Bertz CT molecular complexity index is 437. The van der Waals surface area contributed by atoms with E-state index < -0.39 is 10.2 Å². The van der Waals surface area contributed by atoms with Crippen LogP contribution in [0.3, 0.4) is 0 Å². The maximum absolute atomic E-state index is 11.8. The second kappa shape index (κ2) is 7.37. The average Bonchev–Trinajstić information content (AvgIpc) is 2.38. The lowest BCUT2D eigenvalue weighted by molar-refractivity contribution is 0.447. The van der Waals surface area contributed by atoms with Gasteiger partial charge in [-0.1, -0.05) is 0 Å². The quantitative estimate of drug-likeness (QED) is 0.615. The molecule has 0 aliphatic rings. The number of aromatic nitrogens is 2. The number of hydrogen-bond acceptors (Lipinski definition) is 5. The molecule has 18 heavy (non-hydrogen) atoms. The molecule has 0 amide bonds. The Morgan fingerprint density at radius 3 is 2.83 bits per heavy atom. The van der Waals surface area contributed by atoms with Crippen LogP contribution in [0.25, 0.3) is 0 Å². The van der Waals surface area contributed by atoms with Crippen molar-refractivity contribution < 1.29 is 8.42 Å². The lowest BCUT2D eigenvalue weighted by atomic mass is 10.4. The molecule has 8 heteroatoms. The molecular weight excluding hydrogens is 254 g/mol. The van der Waals surface area contributed by atoms with Crippen molar-refractivity contribution in [3.8, 4) is 0 Å². The standard InChI is InChI=1S/C10H19N5O2S/c1-11-6-4-8-15(2)18(16,17)13-9-10-5-3-7-12-14-10/h3,5,7,11,13H,4,6,8-9H2,1-2H3. The summed E-state index contributed by atoms with van der Waals surface area (Å²) in [5, 5.41) is 10.5. The van der Waals surface area contributed by atoms with Crippen molar-refractivity contribution >= 4 is 10.2 Å². The van der Waals surface area contributed by atoms with Crippen molar-refractivity contribution in [2.75, 3.05) is 27.2 Å². The molecule has 2 N–H and O–H groups in total. The normalized spacial score (nSPS) is 11.9. The third kappa shape index (κ3) is 5.05. The molecule has 0 bridgehead atoms. The highest BCUT2D eigenvalue weighted by Crippen LogP contribution is 1.98. The third-order valence-corrected chi connectivity index (χ3v) is 3.89. The lowest BCUT2D eigenvalue weighted by Gasteiger charge is -2.17. The molecule has 0 fully saturated rings. The van der Waals surface area contributed by atoms with Gasteiger partial charge in [-0.25, -0.2) is 0 Å². The van der Waals surface area contributed by atoms with Crippen LogP contribution >= 0.6 is 0 Å². The summed E-state index contributed by atoms with van der Waals surface area (Å²) >= 11 is 0. The molecule has 1 aromatic heterocycles. The van der Waals surface area contributed by atoms with Crippen molar-refractivity contribution in [3.05, 3.63) is 24.0 Å². The zero-order valence-corrected chi connectivity index (χ0v) is 11.4. The van der Waals surface area contributed by atoms with Gasteiger partial charge in [-0.05, 0) is 32.1 Å². The highest BCUT2D eigenvalue weighted by atomic mass is 32.2. The van der Waals surface area contributed by atoms with E-state index in [1.165, 1.54) is 4.31 Å². The summed E-state index contributed by atoms with van der Waals surface area (Å²) in [4.78, 5) is 0. The van der Waals surface area contributed by atoms with Gasteiger partial charge in [0, 0.05) is 19.8 Å². The van der Waals surface area contributed by atoms with Gasteiger partial charge in [0.05, 0.1) is 12.2 Å². The molecule has 0 radical (unpaired) electrons. The van der Waals surface area contributed by atoms with Crippen LogP contribution < -0.4 is 10.0 Å². The number of nitrogens with one attached hydrogen (secondary N) is 2. The van der Waals surface area contributed by atoms with E-state index in [0.717, 1.165) is 13.0 Å². The third-order valence-electron chi connectivity index (χ3n) is 2.37. The van der Waals surface area contributed by atoms with E-state index in [2.05, 4.69) is 20.2 Å². The second-order valence-electron chi connectivity index (χ2n) is 3.82. The minimum absolute atomic E-state index is 0.145. The fourth-order valence-corrected chi connectivity index (χ4v) is 2.22. The van der Waals surface area contributed by atoms with Crippen molar-refractivity contribution in [2.24, 2.45) is 0 Å². The van der Waals surface area contributed by atoms with E-state index >= 15 is 0 Å². The van der Waals surface area contributed by atoms with Crippen LogP contribution in [0.5, 0.6) is 0 Å². The molecule has 7 nitrogen and oxygen atoms in total. The van der Waals surface area contributed by atoms with Gasteiger partial charge in [0.1, 0.15) is 0 Å². The highest BCUT2D eigenvalue weighted by molar-refractivity contribution is 7.87. The Labute approximate surface area is 108 Å². The van der Waals surface area contributed by atoms with Gasteiger partial charge in [-0.3, -0.25) is 0 Å². The molecule has 1 rings (SSSR count). The van der Waals surface area contributed by atoms with Crippen molar-refractivity contribution in [1.82, 2.24) is 24.5 Å². The monoisotopic (exact) mass is 273 g/mol. The van der Waals surface area contributed by atoms with Crippen LogP contribution in [-0.4, -0.2) is 50.1 Å². The molecule has 0 saturated heterocycles. The van der Waals surface area contributed by atoms with E-state index in [4.69, 9.17) is 0 Å². The first-order valence-corrected chi connectivity index (χ1v) is 7.12. The molecule has 1 heterocycles. The van der Waals surface area contributed by atoms with Crippen LogP contribution in [0.2, 0.25) is 0 Å². The Morgan fingerprint density at radius 2 is 2.22 bits per heavy atom. The van der Waals surface area contributed by atoms with Crippen LogP contribution in [0, 0.1) is 0 Å². The first-order chi connectivity index (χ1) is 8.56. The van der Waals surface area contributed by atoms with E-state index in [0.29, 0.717) is 12.2 Å². The SMILES string of the molecule is CNCCCN(C)S(=O)(=O)NCc1cccnn1. The summed E-state index contributed by atoms with van der Waals surface area (Å²) < 4.78 is 27.5. The predicted molar refractivity (Wildman–Crippen MR) is 69.0 cm³/mol. The minimum atomic E-state index is -3.45. The van der Waals surface area contributed by atoms with E-state index in [1.54, 1.807) is 25.4 Å². The van der Waals surface area contributed by atoms with Gasteiger partial charge in [0.25, 0.3) is 10.2 Å². The minimum Gasteiger partial charge on any atom is -0.320 e. The van der Waals surface area contributed by atoms with Gasteiger partial charge < -0.3 is 5.32 Å². The van der Waals surface area contributed by atoms with Gasteiger partial charge >= 0.3 is 0 Å². The van der Waals surface area contributed by atoms with Crippen molar-refractivity contribution in [3.63, 3.8) is 0 Å². The summed E-state index contributed by atoms with van der Waals surface area (Å²) in [6.45, 7) is 1.40. The lowest BCUT2D eigenvalue weighted by Crippen LogP contribution is -2.39. The van der Waals surface area contributed by atoms with Gasteiger partial charge in [0.15, 0.2) is 0 Å². The molecule has 0 aromatic carbocycles. The Hall–Kier alpha value is -1.09. The summed E-state index contributed by atoms with van der Waals surface area (Å²) in [5.74, 6) is 0. The first-order valence-electron chi connectivity index (χ1n) is 5.68. The molecule has 0 saturated carbocycles. The van der Waals surface area contributed by atoms with Gasteiger partial charge in [0.2, 0.25) is 0 Å². The van der Waals surface area contributed by atoms with E-state index in [1.807, 2.05) is 7.05 Å². The Morgan fingerprint density at radius 1 is 1.44 bits per heavy atom. The van der Waals surface area contributed by atoms with E-state index in [-0.39, 0.29) is 6.54 Å². The van der Waals surface area contributed by atoms with Crippen LogP contribution in [0.15, 0.2) is 18.3 Å². The molecule has 0 atom stereocenters. The fourth-order valence-electron chi connectivity index (χ4n) is 1.30. The summed E-state index contributed by atoms with van der Waals surface area (Å²) in [7, 11) is -0.0667. The Kier molecular flexibility index (Phi) is 6.13. The summed E-state index contributed by atoms with van der Waals surface area (Å²) in [6.07, 6.45) is 2.31. The fraction of sp³-hybridized carbons (Fsp3) is 0.600. The van der Waals surface area contributed by atoms with Crippen molar-refractivity contribution in [1.29, 1.82) is 0 Å². The van der Waals surface area contributed by atoms with Crippen LogP contribution in [-0.2, 0) is 16.8 Å². The molecule has 0 spiro atoms. The van der Waals surface area contributed by atoms with Gasteiger partial charge in [-0.15, -0.1) is 0 Å². The molecule has 0 aliphatic carbocycles. The number of nitrogens with zero attached hydrogens (tertiary/aromatic N) is 3. The zero-order valence-electron chi connectivity index (χ0n) is 10.6. The predicted octanol–water partition coefficient (Wildman–Crippen LogP) is -0.648. The molecule has 0 aliphatic heterocycles. The summed E-state index contributed by atoms with van der Waals surface area (Å²) in [6, 6.07) is 3.43. The molecule has 102 valence electrons. The molecule has 1 aromatic rings. The topological polar surface area (TPSA) is 87.2 Å². The molecule has 0 unspecified atom stereocenters. The second-order valence-corrected chi connectivity index (χ2v) is 5.68. The smallest absolute Gasteiger partial charge is 0.279 e.